The predicted molar refractivity (Wildman–Crippen MR) is 76.4 cm³/mol. The van der Waals surface area contributed by atoms with Crippen molar-refractivity contribution in [2.45, 2.75) is 25.8 Å². The van der Waals surface area contributed by atoms with Crippen LogP contribution in [0, 0.1) is 6.92 Å². The molecule has 1 rings (SSSR count). The smallest absolute Gasteiger partial charge is 0.305 e. The predicted octanol–water partition coefficient (Wildman–Crippen LogP) is 1.43. The van der Waals surface area contributed by atoms with Crippen LogP contribution in [0.3, 0.4) is 0 Å². The van der Waals surface area contributed by atoms with Gasteiger partial charge in [0.1, 0.15) is 0 Å². The lowest BCUT2D eigenvalue weighted by Crippen LogP contribution is -2.41. The van der Waals surface area contributed by atoms with Crippen molar-refractivity contribution in [3.05, 3.63) is 35.4 Å². The van der Waals surface area contributed by atoms with Crippen LogP contribution in [0.5, 0.6) is 0 Å². The van der Waals surface area contributed by atoms with E-state index in [0.717, 1.165) is 5.56 Å². The molecule has 1 unspecified atom stereocenters. The van der Waals surface area contributed by atoms with Crippen molar-refractivity contribution < 1.29 is 24.6 Å². The second-order valence-corrected chi connectivity index (χ2v) is 4.97. The Hall–Kier alpha value is -2.21. The number of carbonyl (C=O) groups excluding carboxylic acids is 1. The molecule has 0 fully saturated rings. The van der Waals surface area contributed by atoms with Gasteiger partial charge in [0.25, 0.3) is 0 Å². The van der Waals surface area contributed by atoms with Crippen molar-refractivity contribution >= 4 is 17.7 Å². The molecule has 0 saturated heterocycles. The lowest BCUT2D eigenvalue weighted by molar-refractivity contribution is -0.138. The highest BCUT2D eigenvalue weighted by Crippen LogP contribution is 2.13. The van der Waals surface area contributed by atoms with E-state index >= 15 is 0 Å². The van der Waals surface area contributed by atoms with Crippen LogP contribution in [-0.4, -0.2) is 52.5 Å². The summed E-state index contributed by atoms with van der Waals surface area (Å²) < 4.78 is 0. The summed E-state index contributed by atoms with van der Waals surface area (Å²) >= 11 is 0. The maximum absolute atomic E-state index is 12.4. The second-order valence-electron chi connectivity index (χ2n) is 4.97. The van der Waals surface area contributed by atoms with Crippen LogP contribution in [0.25, 0.3) is 0 Å². The lowest BCUT2D eigenvalue weighted by Gasteiger charge is -2.25. The standard InChI is InChI=1S/C15H19NO5/c1-10-3-5-11(6-4-10)15(21)12(9-14(19)20)16(2)8-7-13(17)18/h3-6,12H,7-9H2,1-2H3,(H,17,18)(H,19,20). The van der Waals surface area contributed by atoms with E-state index in [0.29, 0.717) is 5.56 Å². The summed E-state index contributed by atoms with van der Waals surface area (Å²) in [6.07, 6.45) is -0.503. The minimum absolute atomic E-state index is 0.116. The van der Waals surface area contributed by atoms with Crippen LogP contribution < -0.4 is 0 Å². The number of benzene rings is 1. The number of nitrogens with zero attached hydrogens (tertiary/aromatic N) is 1. The number of hydrogen-bond acceptors (Lipinski definition) is 4. The third-order valence-corrected chi connectivity index (χ3v) is 3.22. The Balaban J connectivity index is 2.89. The van der Waals surface area contributed by atoms with Gasteiger partial charge >= 0.3 is 11.9 Å². The summed E-state index contributed by atoms with van der Waals surface area (Å²) in [5.74, 6) is -2.40. The van der Waals surface area contributed by atoms with Gasteiger partial charge in [-0.2, -0.15) is 0 Å². The van der Waals surface area contributed by atoms with Gasteiger partial charge in [0.15, 0.2) is 5.78 Å². The molecule has 0 amide bonds. The van der Waals surface area contributed by atoms with Gasteiger partial charge in [-0.1, -0.05) is 29.8 Å². The Morgan fingerprint density at radius 1 is 1.10 bits per heavy atom. The maximum atomic E-state index is 12.4. The van der Waals surface area contributed by atoms with E-state index in [1.165, 1.54) is 4.90 Å². The maximum Gasteiger partial charge on any atom is 0.305 e. The molecule has 1 aromatic rings. The molecular formula is C15H19NO5. The molecule has 0 bridgehead atoms. The zero-order valence-corrected chi connectivity index (χ0v) is 12.1. The first kappa shape index (κ1) is 16.8. The Morgan fingerprint density at radius 2 is 1.67 bits per heavy atom. The molecule has 1 atom stereocenters. The van der Waals surface area contributed by atoms with E-state index in [1.807, 2.05) is 6.92 Å². The van der Waals surface area contributed by atoms with Gasteiger partial charge in [-0.25, -0.2) is 0 Å². The van der Waals surface area contributed by atoms with Gasteiger partial charge in [-0.3, -0.25) is 19.3 Å². The molecule has 0 aliphatic heterocycles. The van der Waals surface area contributed by atoms with Gasteiger partial charge < -0.3 is 10.2 Å². The molecule has 0 saturated carbocycles. The summed E-state index contributed by atoms with van der Waals surface area (Å²) in [4.78, 5) is 35.4. The van der Waals surface area contributed by atoms with Crippen molar-refractivity contribution in [1.29, 1.82) is 0 Å². The number of ketones is 1. The van der Waals surface area contributed by atoms with E-state index in [1.54, 1.807) is 31.3 Å². The quantitative estimate of drug-likeness (QED) is 0.704. The Kier molecular flexibility index (Phi) is 6.05. The van der Waals surface area contributed by atoms with E-state index in [-0.39, 0.29) is 25.2 Å². The zero-order chi connectivity index (χ0) is 16.0. The fourth-order valence-electron chi connectivity index (χ4n) is 1.95. The molecule has 0 aliphatic rings. The molecule has 0 aromatic heterocycles. The highest BCUT2D eigenvalue weighted by molar-refractivity contribution is 6.01. The van der Waals surface area contributed by atoms with Crippen LogP contribution in [0.4, 0.5) is 0 Å². The number of hydrogen-bond donors (Lipinski definition) is 2. The van der Waals surface area contributed by atoms with Gasteiger partial charge in [0.2, 0.25) is 0 Å². The summed E-state index contributed by atoms with van der Waals surface area (Å²) in [5, 5.41) is 17.6. The first-order chi connectivity index (χ1) is 9.81. The summed E-state index contributed by atoms with van der Waals surface area (Å²) in [6, 6.07) is 5.99. The second kappa shape index (κ2) is 7.54. The number of Topliss-reactive ketones (excluding diaryl/α,β-unsaturated/α-hetero) is 1. The molecular weight excluding hydrogens is 274 g/mol. The van der Waals surface area contributed by atoms with Crippen molar-refractivity contribution in [2.75, 3.05) is 13.6 Å². The summed E-state index contributed by atoms with van der Waals surface area (Å²) in [5.41, 5.74) is 1.43. The summed E-state index contributed by atoms with van der Waals surface area (Å²) in [6.45, 7) is 2.01. The van der Waals surface area contributed by atoms with Crippen molar-refractivity contribution in [3.8, 4) is 0 Å². The van der Waals surface area contributed by atoms with Gasteiger partial charge in [0.05, 0.1) is 18.9 Å². The largest absolute Gasteiger partial charge is 0.481 e. The molecule has 6 nitrogen and oxygen atoms in total. The number of aliphatic carboxylic acids is 2. The molecule has 0 radical (unpaired) electrons. The number of aryl methyl sites for hydroxylation is 1. The third kappa shape index (κ3) is 5.35. The molecule has 0 aliphatic carbocycles. The normalized spacial score (nSPS) is 12.1. The van der Waals surface area contributed by atoms with E-state index < -0.39 is 18.0 Å². The number of carboxylic acids is 2. The first-order valence-electron chi connectivity index (χ1n) is 6.56. The SMILES string of the molecule is Cc1ccc(C(=O)C(CC(=O)O)N(C)CCC(=O)O)cc1. The van der Waals surface area contributed by atoms with Gasteiger partial charge in [-0.15, -0.1) is 0 Å². The van der Waals surface area contributed by atoms with Crippen LogP contribution in [0.15, 0.2) is 24.3 Å². The topological polar surface area (TPSA) is 94.9 Å². The molecule has 0 heterocycles. The van der Waals surface area contributed by atoms with E-state index in [9.17, 15) is 14.4 Å². The fraction of sp³-hybridized carbons (Fsp3) is 0.400. The Labute approximate surface area is 123 Å². The van der Waals surface area contributed by atoms with Crippen molar-refractivity contribution in [2.24, 2.45) is 0 Å². The number of carboxylic acid groups (broad SMARTS) is 2. The van der Waals surface area contributed by atoms with Crippen molar-refractivity contribution in [3.63, 3.8) is 0 Å². The average molecular weight is 293 g/mol. The first-order valence-corrected chi connectivity index (χ1v) is 6.56. The summed E-state index contributed by atoms with van der Waals surface area (Å²) in [7, 11) is 1.56. The highest BCUT2D eigenvalue weighted by atomic mass is 16.4. The molecule has 114 valence electrons. The molecule has 2 N–H and O–H groups in total. The minimum Gasteiger partial charge on any atom is -0.481 e. The fourth-order valence-corrected chi connectivity index (χ4v) is 1.95. The Morgan fingerprint density at radius 3 is 2.14 bits per heavy atom. The zero-order valence-electron chi connectivity index (χ0n) is 12.1. The molecule has 6 heteroatoms. The average Bonchev–Trinajstić information content (AvgIpc) is 2.42. The highest BCUT2D eigenvalue weighted by Gasteiger charge is 2.27. The molecule has 0 spiro atoms. The van der Waals surface area contributed by atoms with Crippen LogP contribution in [0.1, 0.15) is 28.8 Å². The van der Waals surface area contributed by atoms with Crippen molar-refractivity contribution in [1.82, 2.24) is 4.90 Å². The monoisotopic (exact) mass is 293 g/mol. The minimum atomic E-state index is -1.09. The Bertz CT molecular complexity index is 523. The molecule has 21 heavy (non-hydrogen) atoms. The number of carbonyl (C=O) groups is 3. The number of likely N-dealkylation sites (N-methyl/N-ethyl adjacent to an activating group) is 1. The van der Waals surface area contributed by atoms with Crippen LogP contribution in [0.2, 0.25) is 0 Å². The third-order valence-electron chi connectivity index (χ3n) is 3.22. The van der Waals surface area contributed by atoms with Gasteiger partial charge in [0, 0.05) is 12.1 Å². The van der Waals surface area contributed by atoms with Crippen LogP contribution in [-0.2, 0) is 9.59 Å². The lowest BCUT2D eigenvalue weighted by atomic mass is 9.99. The van der Waals surface area contributed by atoms with E-state index in [4.69, 9.17) is 10.2 Å². The van der Waals surface area contributed by atoms with E-state index in [2.05, 4.69) is 0 Å². The van der Waals surface area contributed by atoms with Crippen LogP contribution >= 0.6 is 0 Å². The number of rotatable bonds is 8. The van der Waals surface area contributed by atoms with Gasteiger partial charge in [-0.05, 0) is 14.0 Å². The molecule has 1 aromatic carbocycles.